The zero-order chi connectivity index (χ0) is 10.7. The maximum atomic E-state index is 3.45. The molecule has 0 N–H and O–H groups in total. The number of benzene rings is 2. The monoisotopic (exact) mass is 260 g/mol. The fourth-order valence-corrected chi connectivity index (χ4v) is 2.04. The molecule has 76 valence electrons. The van der Waals surface area contributed by atoms with Crippen molar-refractivity contribution in [2.24, 2.45) is 0 Å². The lowest BCUT2D eigenvalue weighted by molar-refractivity contribution is 1.41. The summed E-state index contributed by atoms with van der Waals surface area (Å²) in [4.78, 5) is 0. The molecule has 2 aromatic carbocycles. The van der Waals surface area contributed by atoms with Gasteiger partial charge >= 0.3 is 0 Å². The Kier molecular flexibility index (Phi) is 3.22. The first-order valence-electron chi connectivity index (χ1n) is 5.02. The van der Waals surface area contributed by atoms with Crippen molar-refractivity contribution in [2.45, 2.75) is 12.3 Å². The van der Waals surface area contributed by atoms with Gasteiger partial charge in [-0.2, -0.15) is 0 Å². The predicted molar refractivity (Wildman–Crippen MR) is 69.2 cm³/mol. The van der Waals surface area contributed by atoms with Gasteiger partial charge in [-0.1, -0.05) is 64.5 Å². The molecule has 0 radical (unpaired) electrons. The molecule has 0 saturated heterocycles. The highest BCUT2D eigenvalue weighted by atomic mass is 79.9. The molecule has 0 saturated carbocycles. The molecule has 0 fully saturated rings. The zero-order valence-corrected chi connectivity index (χ0v) is 10.3. The van der Waals surface area contributed by atoms with Crippen molar-refractivity contribution in [3.8, 4) is 11.1 Å². The van der Waals surface area contributed by atoms with E-state index in [-0.39, 0.29) is 0 Å². The zero-order valence-electron chi connectivity index (χ0n) is 8.70. The van der Waals surface area contributed by atoms with Gasteiger partial charge in [0, 0.05) is 5.33 Å². The van der Waals surface area contributed by atoms with Crippen molar-refractivity contribution in [2.75, 3.05) is 0 Å². The minimum atomic E-state index is 0.918. The molecule has 0 aliphatic rings. The van der Waals surface area contributed by atoms with Crippen molar-refractivity contribution in [3.63, 3.8) is 0 Å². The van der Waals surface area contributed by atoms with Gasteiger partial charge in [-0.25, -0.2) is 0 Å². The highest BCUT2D eigenvalue weighted by Gasteiger charge is 1.99. The van der Waals surface area contributed by atoms with Crippen molar-refractivity contribution in [1.29, 1.82) is 0 Å². The standard InChI is InChI=1S/C14H13Br/c1-11-4-2-3-5-14(11)13-8-6-12(10-15)7-9-13/h2-9H,10H2,1H3. The minimum Gasteiger partial charge on any atom is -0.0876 e. The molecule has 0 unspecified atom stereocenters. The summed E-state index contributed by atoms with van der Waals surface area (Å²) in [5.74, 6) is 0. The van der Waals surface area contributed by atoms with Gasteiger partial charge < -0.3 is 0 Å². The van der Waals surface area contributed by atoms with Gasteiger partial charge in [-0.3, -0.25) is 0 Å². The van der Waals surface area contributed by atoms with Crippen LogP contribution in [-0.2, 0) is 5.33 Å². The molecule has 0 bridgehead atoms. The van der Waals surface area contributed by atoms with Crippen LogP contribution in [-0.4, -0.2) is 0 Å². The molecule has 1 heteroatoms. The van der Waals surface area contributed by atoms with Crippen LogP contribution < -0.4 is 0 Å². The Morgan fingerprint density at radius 1 is 0.933 bits per heavy atom. The van der Waals surface area contributed by atoms with Gasteiger partial charge in [0.2, 0.25) is 0 Å². The van der Waals surface area contributed by atoms with Crippen LogP contribution >= 0.6 is 15.9 Å². The molecular weight excluding hydrogens is 248 g/mol. The van der Waals surface area contributed by atoms with E-state index in [0.717, 1.165) is 5.33 Å². The summed E-state index contributed by atoms with van der Waals surface area (Å²) < 4.78 is 0. The summed E-state index contributed by atoms with van der Waals surface area (Å²) in [6.07, 6.45) is 0. The van der Waals surface area contributed by atoms with Gasteiger partial charge in [0.25, 0.3) is 0 Å². The van der Waals surface area contributed by atoms with Crippen LogP contribution in [0, 0.1) is 6.92 Å². The first-order valence-corrected chi connectivity index (χ1v) is 6.14. The number of hydrogen-bond acceptors (Lipinski definition) is 0. The number of aryl methyl sites for hydroxylation is 1. The summed E-state index contributed by atoms with van der Waals surface area (Å²) in [6, 6.07) is 17.2. The number of hydrogen-bond donors (Lipinski definition) is 0. The van der Waals surface area contributed by atoms with E-state index in [0.29, 0.717) is 0 Å². The molecule has 0 aliphatic carbocycles. The predicted octanol–water partition coefficient (Wildman–Crippen LogP) is 4.56. The minimum absolute atomic E-state index is 0.918. The quantitative estimate of drug-likeness (QED) is 0.695. The van der Waals surface area contributed by atoms with Crippen LogP contribution in [0.2, 0.25) is 0 Å². The highest BCUT2D eigenvalue weighted by Crippen LogP contribution is 2.23. The molecule has 0 heterocycles. The van der Waals surface area contributed by atoms with Crippen LogP contribution in [0.1, 0.15) is 11.1 Å². The second-order valence-corrected chi connectivity index (χ2v) is 4.21. The molecule has 2 aromatic rings. The van der Waals surface area contributed by atoms with Crippen LogP contribution in [0.25, 0.3) is 11.1 Å². The topological polar surface area (TPSA) is 0 Å². The summed E-state index contributed by atoms with van der Waals surface area (Å²) in [5, 5.41) is 0.918. The van der Waals surface area contributed by atoms with Crippen LogP contribution in [0.4, 0.5) is 0 Å². The molecule has 0 spiro atoms. The Balaban J connectivity index is 2.42. The smallest absolute Gasteiger partial charge is 0.0283 e. The van der Waals surface area contributed by atoms with Crippen LogP contribution in [0.3, 0.4) is 0 Å². The van der Waals surface area contributed by atoms with Gasteiger partial charge in [0.1, 0.15) is 0 Å². The highest BCUT2D eigenvalue weighted by molar-refractivity contribution is 9.08. The third-order valence-electron chi connectivity index (χ3n) is 2.56. The number of alkyl halides is 1. The Labute approximate surface area is 99.1 Å². The van der Waals surface area contributed by atoms with E-state index >= 15 is 0 Å². The lowest BCUT2D eigenvalue weighted by Gasteiger charge is -2.06. The Hall–Kier alpha value is -1.08. The normalized spacial score (nSPS) is 10.3. The largest absolute Gasteiger partial charge is 0.0876 e. The molecule has 0 amide bonds. The van der Waals surface area contributed by atoms with E-state index in [1.807, 2.05) is 0 Å². The lowest BCUT2D eigenvalue weighted by atomic mass is 10.00. The molecule has 0 aromatic heterocycles. The third kappa shape index (κ3) is 2.29. The average Bonchev–Trinajstić information content (AvgIpc) is 2.30. The second-order valence-electron chi connectivity index (χ2n) is 3.65. The van der Waals surface area contributed by atoms with E-state index in [4.69, 9.17) is 0 Å². The Bertz CT molecular complexity index is 443. The maximum absolute atomic E-state index is 3.45. The lowest BCUT2D eigenvalue weighted by Crippen LogP contribution is -1.83. The van der Waals surface area contributed by atoms with Gasteiger partial charge in [-0.15, -0.1) is 0 Å². The first kappa shape index (κ1) is 10.4. The fourth-order valence-electron chi connectivity index (χ4n) is 1.67. The number of rotatable bonds is 2. The van der Waals surface area contributed by atoms with Crippen molar-refractivity contribution >= 4 is 15.9 Å². The molecular formula is C14H13Br. The average molecular weight is 261 g/mol. The van der Waals surface area contributed by atoms with E-state index in [1.54, 1.807) is 0 Å². The number of halogens is 1. The van der Waals surface area contributed by atoms with Gasteiger partial charge in [0.15, 0.2) is 0 Å². The SMILES string of the molecule is Cc1ccccc1-c1ccc(CBr)cc1. The van der Waals surface area contributed by atoms with Gasteiger partial charge in [0.05, 0.1) is 0 Å². The summed E-state index contributed by atoms with van der Waals surface area (Å²) in [6.45, 7) is 2.15. The molecule has 0 aliphatic heterocycles. The van der Waals surface area contributed by atoms with Crippen LogP contribution in [0.15, 0.2) is 48.5 Å². The fraction of sp³-hybridized carbons (Fsp3) is 0.143. The Morgan fingerprint density at radius 2 is 1.60 bits per heavy atom. The van der Waals surface area contributed by atoms with E-state index < -0.39 is 0 Å². The molecule has 0 nitrogen and oxygen atoms in total. The second kappa shape index (κ2) is 4.63. The van der Waals surface area contributed by atoms with E-state index in [2.05, 4.69) is 71.4 Å². The summed E-state index contributed by atoms with van der Waals surface area (Å²) in [5.41, 5.74) is 5.24. The van der Waals surface area contributed by atoms with E-state index in [1.165, 1.54) is 22.3 Å². The van der Waals surface area contributed by atoms with Crippen LogP contribution in [0.5, 0.6) is 0 Å². The van der Waals surface area contributed by atoms with Crippen molar-refractivity contribution < 1.29 is 0 Å². The van der Waals surface area contributed by atoms with Crippen molar-refractivity contribution in [3.05, 3.63) is 59.7 Å². The van der Waals surface area contributed by atoms with Gasteiger partial charge in [-0.05, 0) is 29.2 Å². The third-order valence-corrected chi connectivity index (χ3v) is 3.21. The maximum Gasteiger partial charge on any atom is 0.0283 e. The molecule has 0 atom stereocenters. The molecule has 15 heavy (non-hydrogen) atoms. The summed E-state index contributed by atoms with van der Waals surface area (Å²) in [7, 11) is 0. The van der Waals surface area contributed by atoms with E-state index in [9.17, 15) is 0 Å². The Morgan fingerprint density at radius 3 is 2.20 bits per heavy atom. The first-order chi connectivity index (χ1) is 7.31. The molecule has 2 rings (SSSR count). The van der Waals surface area contributed by atoms with Crippen molar-refractivity contribution in [1.82, 2.24) is 0 Å². The summed E-state index contributed by atoms with van der Waals surface area (Å²) >= 11 is 3.45.